The number of allylic oxidation sites excluding steroid dienone is 8. The first kappa shape index (κ1) is 77.4. The zero-order chi connectivity index (χ0) is 57.8. The van der Waals surface area contributed by atoms with Crippen molar-refractivity contribution in [3.05, 3.63) is 48.6 Å². The number of hydrogen-bond donors (Lipinski definition) is 0. The van der Waals surface area contributed by atoms with Gasteiger partial charge in [-0.1, -0.05) is 358 Å². The van der Waals surface area contributed by atoms with Crippen LogP contribution in [0, 0.1) is 0 Å². The fourth-order valence-electron chi connectivity index (χ4n) is 10.8. The van der Waals surface area contributed by atoms with Gasteiger partial charge in [-0.25, -0.2) is 0 Å². The molecule has 0 N–H and O–H groups in total. The Bertz CT molecular complexity index is 1380. The molecule has 0 aliphatic heterocycles. The molecular weight excluding hydrogens is 985 g/mol. The van der Waals surface area contributed by atoms with Gasteiger partial charge in [-0.2, -0.15) is 0 Å². The van der Waals surface area contributed by atoms with Gasteiger partial charge in [0.1, 0.15) is 13.2 Å². The molecule has 0 fully saturated rings. The summed E-state index contributed by atoms with van der Waals surface area (Å²) in [7, 11) is 0. The molecular formula is C74H136O6. The van der Waals surface area contributed by atoms with Gasteiger partial charge in [-0.3, -0.25) is 14.4 Å². The van der Waals surface area contributed by atoms with Crippen molar-refractivity contribution in [1.29, 1.82) is 0 Å². The van der Waals surface area contributed by atoms with Crippen molar-refractivity contribution in [3.63, 3.8) is 0 Å². The lowest BCUT2D eigenvalue weighted by Crippen LogP contribution is -2.30. The molecule has 0 heterocycles. The summed E-state index contributed by atoms with van der Waals surface area (Å²) in [6, 6.07) is 0. The molecule has 0 aromatic rings. The van der Waals surface area contributed by atoms with Crippen LogP contribution in [0.1, 0.15) is 387 Å². The van der Waals surface area contributed by atoms with E-state index in [1.165, 1.54) is 257 Å². The molecule has 0 saturated carbocycles. The summed E-state index contributed by atoms with van der Waals surface area (Å²) in [5.74, 6) is -0.849. The van der Waals surface area contributed by atoms with Gasteiger partial charge in [0.15, 0.2) is 6.10 Å². The molecule has 0 amide bonds. The van der Waals surface area contributed by atoms with Crippen LogP contribution >= 0.6 is 0 Å². The molecule has 0 aromatic carbocycles. The Balaban J connectivity index is 4.28. The van der Waals surface area contributed by atoms with Gasteiger partial charge in [0.05, 0.1) is 0 Å². The molecule has 468 valence electrons. The average molecular weight is 1120 g/mol. The minimum absolute atomic E-state index is 0.0708. The van der Waals surface area contributed by atoms with Crippen LogP contribution in [-0.2, 0) is 28.6 Å². The third kappa shape index (κ3) is 66.2. The van der Waals surface area contributed by atoms with Crippen LogP contribution in [0.3, 0.4) is 0 Å². The van der Waals surface area contributed by atoms with E-state index in [9.17, 15) is 14.4 Å². The van der Waals surface area contributed by atoms with Crippen LogP contribution in [0.5, 0.6) is 0 Å². The zero-order valence-corrected chi connectivity index (χ0v) is 53.9. The van der Waals surface area contributed by atoms with Gasteiger partial charge in [-0.05, 0) is 57.8 Å². The van der Waals surface area contributed by atoms with Crippen LogP contribution in [0.4, 0.5) is 0 Å². The first-order valence-electron chi connectivity index (χ1n) is 35.6. The molecule has 80 heavy (non-hydrogen) atoms. The van der Waals surface area contributed by atoms with Crippen molar-refractivity contribution in [3.8, 4) is 0 Å². The monoisotopic (exact) mass is 1120 g/mol. The van der Waals surface area contributed by atoms with Crippen LogP contribution < -0.4 is 0 Å². The number of ether oxygens (including phenoxy) is 3. The third-order valence-electron chi connectivity index (χ3n) is 16.1. The van der Waals surface area contributed by atoms with E-state index >= 15 is 0 Å². The summed E-state index contributed by atoms with van der Waals surface area (Å²) < 4.78 is 17.0. The molecule has 1 atom stereocenters. The molecule has 1 unspecified atom stereocenters. The van der Waals surface area contributed by atoms with E-state index in [1.807, 2.05) is 0 Å². The van der Waals surface area contributed by atoms with Crippen LogP contribution in [0.2, 0.25) is 0 Å². The first-order valence-corrected chi connectivity index (χ1v) is 35.6. The highest BCUT2D eigenvalue weighted by atomic mass is 16.6. The minimum Gasteiger partial charge on any atom is -0.462 e. The van der Waals surface area contributed by atoms with E-state index < -0.39 is 6.10 Å². The van der Waals surface area contributed by atoms with Gasteiger partial charge in [-0.15, -0.1) is 0 Å². The van der Waals surface area contributed by atoms with Crippen LogP contribution in [0.25, 0.3) is 0 Å². The second kappa shape index (κ2) is 68.9. The summed E-state index contributed by atoms with van der Waals surface area (Å²) in [6.45, 7) is 6.60. The Kier molecular flexibility index (Phi) is 66.6. The standard InChI is InChI=1S/C74H136O6/c1-4-7-10-13-16-19-22-25-28-31-33-35-36-37-38-40-41-43-46-49-52-55-58-61-64-67-73(76)79-70-71(69-78-72(75)66-63-60-57-54-51-48-45-30-27-24-21-18-15-12-9-6-3)80-74(77)68-65-62-59-56-53-50-47-44-42-39-34-32-29-26-23-20-17-14-11-8-5-2/h8,11,17,20,26,29,34,39,71H,4-7,9-10,12-16,18-19,21-25,27-28,30-33,35-38,40-70H2,1-3H3/b11-8-,20-17-,29-26-,39-34-. The smallest absolute Gasteiger partial charge is 0.306 e. The highest BCUT2D eigenvalue weighted by molar-refractivity contribution is 5.71. The van der Waals surface area contributed by atoms with E-state index in [-0.39, 0.29) is 31.1 Å². The van der Waals surface area contributed by atoms with Gasteiger partial charge in [0.25, 0.3) is 0 Å². The first-order chi connectivity index (χ1) is 39.5. The summed E-state index contributed by atoms with van der Waals surface area (Å²) in [4.78, 5) is 38.5. The van der Waals surface area contributed by atoms with Crippen molar-refractivity contribution < 1.29 is 28.6 Å². The molecule has 0 rings (SSSR count). The Morgan fingerprint density at radius 1 is 0.263 bits per heavy atom. The van der Waals surface area contributed by atoms with Crippen molar-refractivity contribution in [2.75, 3.05) is 13.2 Å². The molecule has 0 bridgehead atoms. The maximum atomic E-state index is 13.0. The number of carbonyl (C=O) groups excluding carboxylic acids is 3. The lowest BCUT2D eigenvalue weighted by molar-refractivity contribution is -0.167. The van der Waals surface area contributed by atoms with Gasteiger partial charge >= 0.3 is 17.9 Å². The maximum absolute atomic E-state index is 13.0. The molecule has 0 spiro atoms. The highest BCUT2D eigenvalue weighted by Gasteiger charge is 2.19. The van der Waals surface area contributed by atoms with Crippen molar-refractivity contribution in [2.45, 2.75) is 393 Å². The van der Waals surface area contributed by atoms with E-state index in [0.717, 1.165) is 89.9 Å². The molecule has 0 aliphatic carbocycles. The average Bonchev–Trinajstić information content (AvgIpc) is 3.46. The summed E-state index contributed by atoms with van der Waals surface area (Å²) in [6.07, 6.45) is 87.1. The largest absolute Gasteiger partial charge is 0.462 e. The van der Waals surface area contributed by atoms with Crippen molar-refractivity contribution in [1.82, 2.24) is 0 Å². The van der Waals surface area contributed by atoms with E-state index in [0.29, 0.717) is 19.3 Å². The van der Waals surface area contributed by atoms with Crippen molar-refractivity contribution >= 4 is 17.9 Å². The predicted molar refractivity (Wildman–Crippen MR) is 349 cm³/mol. The topological polar surface area (TPSA) is 78.9 Å². The van der Waals surface area contributed by atoms with Crippen molar-refractivity contribution in [2.24, 2.45) is 0 Å². The molecule has 6 heteroatoms. The second-order valence-electron chi connectivity index (χ2n) is 24.1. The lowest BCUT2D eigenvalue weighted by Gasteiger charge is -2.18. The van der Waals surface area contributed by atoms with Gasteiger partial charge in [0.2, 0.25) is 0 Å². The SMILES string of the molecule is CC/C=C\C/C=C\C/C=C\C/C=C\CCCCCCCCCCC(=O)OC(COC(=O)CCCCCCCCCCCCCCCCCC)COC(=O)CCCCCCCCCCCCCCCCCCCCCCCCCCC. The fraction of sp³-hybridized carbons (Fsp3) is 0.851. The number of esters is 3. The Labute approximate surface area is 498 Å². The molecule has 0 saturated heterocycles. The summed E-state index contributed by atoms with van der Waals surface area (Å²) in [5, 5.41) is 0. The lowest BCUT2D eigenvalue weighted by atomic mass is 10.0. The Hall–Kier alpha value is -2.63. The van der Waals surface area contributed by atoms with Gasteiger partial charge in [0, 0.05) is 19.3 Å². The molecule has 0 aliphatic rings. The molecule has 6 nitrogen and oxygen atoms in total. The molecule has 0 radical (unpaired) electrons. The fourth-order valence-corrected chi connectivity index (χ4v) is 10.8. The number of rotatable bonds is 66. The van der Waals surface area contributed by atoms with E-state index in [4.69, 9.17) is 14.2 Å². The second-order valence-corrected chi connectivity index (χ2v) is 24.1. The third-order valence-corrected chi connectivity index (χ3v) is 16.1. The number of carbonyl (C=O) groups is 3. The normalized spacial score (nSPS) is 12.3. The highest BCUT2D eigenvalue weighted by Crippen LogP contribution is 2.19. The summed E-state index contributed by atoms with van der Waals surface area (Å²) >= 11 is 0. The summed E-state index contributed by atoms with van der Waals surface area (Å²) in [5.41, 5.74) is 0. The number of hydrogen-bond acceptors (Lipinski definition) is 6. The Morgan fingerprint density at radius 3 is 0.762 bits per heavy atom. The van der Waals surface area contributed by atoms with E-state index in [2.05, 4.69) is 69.4 Å². The van der Waals surface area contributed by atoms with E-state index in [1.54, 1.807) is 0 Å². The van der Waals surface area contributed by atoms with Crippen LogP contribution in [0.15, 0.2) is 48.6 Å². The Morgan fingerprint density at radius 2 is 0.487 bits per heavy atom. The minimum atomic E-state index is -0.776. The number of unbranched alkanes of at least 4 members (excludes halogenated alkanes) is 47. The van der Waals surface area contributed by atoms with Crippen LogP contribution in [-0.4, -0.2) is 37.2 Å². The predicted octanol–water partition coefficient (Wildman–Crippen LogP) is 24.5. The maximum Gasteiger partial charge on any atom is 0.306 e. The molecule has 0 aromatic heterocycles. The quantitative estimate of drug-likeness (QED) is 0.0261. The van der Waals surface area contributed by atoms with Gasteiger partial charge < -0.3 is 14.2 Å². The zero-order valence-electron chi connectivity index (χ0n) is 53.9.